The minimum absolute atomic E-state index is 0.422. The van der Waals surface area contributed by atoms with Gasteiger partial charge in [0.25, 0.3) is 0 Å². The minimum atomic E-state index is -0.738. The lowest BCUT2D eigenvalue weighted by molar-refractivity contribution is -0.145. The van der Waals surface area contributed by atoms with E-state index in [1.165, 1.54) is 25.7 Å². The second kappa shape index (κ2) is 7.41. The van der Waals surface area contributed by atoms with E-state index in [2.05, 4.69) is 5.32 Å². The summed E-state index contributed by atoms with van der Waals surface area (Å²) in [5, 5.41) is 12.9. The van der Waals surface area contributed by atoms with Gasteiger partial charge in [0.1, 0.15) is 5.54 Å². The van der Waals surface area contributed by atoms with Crippen molar-refractivity contribution in [3.05, 3.63) is 0 Å². The predicted molar refractivity (Wildman–Crippen MR) is 78.8 cm³/mol. The number of ether oxygens (including phenoxy) is 1. The van der Waals surface area contributed by atoms with Gasteiger partial charge in [-0.2, -0.15) is 0 Å². The molecule has 0 spiro atoms. The molecule has 20 heavy (non-hydrogen) atoms. The molecular weight excluding hydrogens is 254 g/mol. The first-order valence-electron chi connectivity index (χ1n) is 8.25. The molecule has 0 saturated heterocycles. The monoisotopic (exact) mass is 283 g/mol. The topological polar surface area (TPSA) is 58.6 Å². The van der Waals surface area contributed by atoms with E-state index < -0.39 is 11.5 Å². The molecule has 0 aromatic heterocycles. The van der Waals surface area contributed by atoms with Crippen LogP contribution in [0.25, 0.3) is 0 Å². The highest BCUT2D eigenvalue weighted by Crippen LogP contribution is 2.28. The highest BCUT2D eigenvalue weighted by Gasteiger charge is 2.40. The molecule has 0 aromatic carbocycles. The summed E-state index contributed by atoms with van der Waals surface area (Å²) in [6.45, 7) is 3.52. The van der Waals surface area contributed by atoms with Crippen molar-refractivity contribution in [2.75, 3.05) is 13.2 Å². The Hall–Kier alpha value is -0.610. The zero-order chi connectivity index (χ0) is 14.4. The zero-order valence-corrected chi connectivity index (χ0v) is 12.7. The lowest BCUT2D eigenvalue weighted by Gasteiger charge is -2.29. The van der Waals surface area contributed by atoms with Gasteiger partial charge < -0.3 is 9.84 Å². The fourth-order valence-electron chi connectivity index (χ4n) is 3.19. The van der Waals surface area contributed by atoms with E-state index in [1.54, 1.807) is 0 Å². The van der Waals surface area contributed by atoms with Crippen molar-refractivity contribution in [1.82, 2.24) is 5.32 Å². The number of nitrogens with one attached hydrogen (secondary N) is 1. The first kappa shape index (κ1) is 15.8. The molecule has 2 fully saturated rings. The highest BCUT2D eigenvalue weighted by molar-refractivity contribution is 5.78. The number of hydrogen-bond donors (Lipinski definition) is 2. The first-order chi connectivity index (χ1) is 9.66. The Morgan fingerprint density at radius 1 is 1.30 bits per heavy atom. The Labute approximate surface area is 122 Å². The van der Waals surface area contributed by atoms with Gasteiger partial charge in [0, 0.05) is 19.3 Å². The van der Waals surface area contributed by atoms with Crippen molar-refractivity contribution >= 4 is 5.97 Å². The number of carboxylic acid groups (broad SMARTS) is 1. The van der Waals surface area contributed by atoms with Crippen LogP contribution in [-0.2, 0) is 9.53 Å². The van der Waals surface area contributed by atoms with Crippen molar-refractivity contribution in [2.45, 2.75) is 76.3 Å². The Morgan fingerprint density at radius 2 is 2.00 bits per heavy atom. The predicted octanol–water partition coefficient (Wildman–Crippen LogP) is 2.96. The molecule has 4 heteroatoms. The number of carboxylic acids is 1. The number of aliphatic carboxylic acids is 1. The normalized spacial score (nSPS) is 22.9. The maximum absolute atomic E-state index is 11.6. The Kier molecular flexibility index (Phi) is 5.85. The van der Waals surface area contributed by atoms with E-state index in [-0.39, 0.29) is 0 Å². The van der Waals surface area contributed by atoms with Gasteiger partial charge in [-0.3, -0.25) is 10.1 Å². The van der Waals surface area contributed by atoms with E-state index in [1.807, 2.05) is 6.92 Å². The van der Waals surface area contributed by atoms with Gasteiger partial charge in [-0.05, 0) is 50.9 Å². The van der Waals surface area contributed by atoms with E-state index in [4.69, 9.17) is 4.74 Å². The summed E-state index contributed by atoms with van der Waals surface area (Å²) in [5.41, 5.74) is -0.738. The minimum Gasteiger partial charge on any atom is -0.480 e. The lowest BCUT2D eigenvalue weighted by Crippen LogP contribution is -2.52. The summed E-state index contributed by atoms with van der Waals surface area (Å²) in [6.07, 6.45) is 9.66. The molecule has 0 heterocycles. The summed E-state index contributed by atoms with van der Waals surface area (Å²) in [7, 11) is 0. The van der Waals surface area contributed by atoms with Crippen LogP contribution in [-0.4, -0.2) is 35.9 Å². The van der Waals surface area contributed by atoms with Crippen LogP contribution in [0.1, 0.15) is 64.7 Å². The molecule has 4 nitrogen and oxygen atoms in total. The molecule has 2 saturated carbocycles. The molecule has 1 atom stereocenters. The third-order valence-corrected chi connectivity index (χ3v) is 4.79. The molecule has 0 amide bonds. The van der Waals surface area contributed by atoms with Gasteiger partial charge in [-0.1, -0.05) is 19.8 Å². The van der Waals surface area contributed by atoms with E-state index in [0.29, 0.717) is 25.5 Å². The summed E-state index contributed by atoms with van der Waals surface area (Å²) in [6, 6.07) is 0.422. The van der Waals surface area contributed by atoms with E-state index in [0.717, 1.165) is 31.8 Å². The standard InChI is InChI=1S/C16H29NO3/c1-2-16(15(18)19,17-14-8-9-14)10-5-11-20-12-13-6-3-4-7-13/h13-14,17H,2-12H2,1H3,(H,18,19). The van der Waals surface area contributed by atoms with Crippen LogP contribution in [0.4, 0.5) is 0 Å². The van der Waals surface area contributed by atoms with Crippen molar-refractivity contribution in [1.29, 1.82) is 0 Å². The third-order valence-electron chi connectivity index (χ3n) is 4.79. The molecular formula is C16H29NO3. The molecule has 2 aliphatic rings. The smallest absolute Gasteiger partial charge is 0.323 e. The third kappa shape index (κ3) is 4.45. The van der Waals surface area contributed by atoms with Crippen LogP contribution in [0.15, 0.2) is 0 Å². The van der Waals surface area contributed by atoms with Gasteiger partial charge in [-0.25, -0.2) is 0 Å². The maximum Gasteiger partial charge on any atom is 0.323 e. The lowest BCUT2D eigenvalue weighted by atomic mass is 9.90. The number of carbonyl (C=O) groups is 1. The van der Waals surface area contributed by atoms with Crippen molar-refractivity contribution < 1.29 is 14.6 Å². The van der Waals surface area contributed by atoms with Crippen LogP contribution in [0.3, 0.4) is 0 Å². The van der Waals surface area contributed by atoms with Crippen LogP contribution in [0.2, 0.25) is 0 Å². The molecule has 2 rings (SSSR count). The first-order valence-corrected chi connectivity index (χ1v) is 8.25. The summed E-state index contributed by atoms with van der Waals surface area (Å²) in [4.78, 5) is 11.6. The van der Waals surface area contributed by atoms with Crippen LogP contribution in [0.5, 0.6) is 0 Å². The van der Waals surface area contributed by atoms with E-state index in [9.17, 15) is 9.90 Å². The molecule has 0 radical (unpaired) electrons. The Bertz CT molecular complexity index is 311. The SMILES string of the molecule is CCC(CCCOCC1CCCC1)(NC1CC1)C(=O)O. The quantitative estimate of drug-likeness (QED) is 0.605. The number of hydrogen-bond acceptors (Lipinski definition) is 3. The molecule has 0 aromatic rings. The largest absolute Gasteiger partial charge is 0.480 e. The second-order valence-corrected chi connectivity index (χ2v) is 6.49. The van der Waals surface area contributed by atoms with E-state index >= 15 is 0 Å². The van der Waals surface area contributed by atoms with Crippen LogP contribution >= 0.6 is 0 Å². The van der Waals surface area contributed by atoms with Gasteiger partial charge in [0.2, 0.25) is 0 Å². The van der Waals surface area contributed by atoms with Gasteiger partial charge in [0.05, 0.1) is 0 Å². The van der Waals surface area contributed by atoms with Crippen LogP contribution in [0, 0.1) is 5.92 Å². The van der Waals surface area contributed by atoms with Gasteiger partial charge in [-0.15, -0.1) is 0 Å². The molecule has 2 N–H and O–H groups in total. The molecule has 0 aliphatic heterocycles. The second-order valence-electron chi connectivity index (χ2n) is 6.49. The summed E-state index contributed by atoms with van der Waals surface area (Å²) in [5.74, 6) is 0.0395. The highest BCUT2D eigenvalue weighted by atomic mass is 16.5. The average molecular weight is 283 g/mol. The van der Waals surface area contributed by atoms with Crippen molar-refractivity contribution in [3.8, 4) is 0 Å². The fraction of sp³-hybridized carbons (Fsp3) is 0.938. The average Bonchev–Trinajstić information content (AvgIpc) is 3.09. The van der Waals surface area contributed by atoms with Crippen molar-refractivity contribution in [3.63, 3.8) is 0 Å². The molecule has 116 valence electrons. The summed E-state index contributed by atoms with van der Waals surface area (Å²) >= 11 is 0. The Morgan fingerprint density at radius 3 is 2.55 bits per heavy atom. The summed E-state index contributed by atoms with van der Waals surface area (Å²) < 4.78 is 5.74. The van der Waals surface area contributed by atoms with Gasteiger partial charge in [0.15, 0.2) is 0 Å². The number of rotatable bonds is 10. The van der Waals surface area contributed by atoms with Gasteiger partial charge >= 0.3 is 5.97 Å². The molecule has 2 aliphatic carbocycles. The van der Waals surface area contributed by atoms with Crippen molar-refractivity contribution in [2.24, 2.45) is 5.92 Å². The molecule has 1 unspecified atom stereocenters. The molecule has 0 bridgehead atoms. The van der Waals surface area contributed by atoms with Crippen LogP contribution < -0.4 is 5.32 Å². The maximum atomic E-state index is 11.6. The zero-order valence-electron chi connectivity index (χ0n) is 12.7. The fourth-order valence-corrected chi connectivity index (χ4v) is 3.19. The Balaban J connectivity index is 1.66.